The van der Waals surface area contributed by atoms with Crippen molar-refractivity contribution < 1.29 is 13.2 Å². The lowest BCUT2D eigenvalue weighted by Gasteiger charge is -2.28. The second kappa shape index (κ2) is 7.94. The number of alkyl halides is 3. The molecule has 3 heterocycles. The molecule has 5 nitrogen and oxygen atoms in total. The summed E-state index contributed by atoms with van der Waals surface area (Å²) in [4.78, 5) is 20.3. The second-order valence-electron chi connectivity index (χ2n) is 7.42. The van der Waals surface area contributed by atoms with Crippen LogP contribution in [0.3, 0.4) is 0 Å². The van der Waals surface area contributed by atoms with Gasteiger partial charge in [-0.15, -0.1) is 0 Å². The highest BCUT2D eigenvalue weighted by Gasteiger charge is 2.38. The monoisotopic (exact) mass is 381 g/mol. The minimum atomic E-state index is -4.21. The normalized spacial score (nSPS) is 17.9. The number of piperidine rings is 1. The van der Waals surface area contributed by atoms with Crippen molar-refractivity contribution in [3.05, 3.63) is 17.6 Å². The molecular weight excluding hydrogens is 355 g/mol. The van der Waals surface area contributed by atoms with Gasteiger partial charge < -0.3 is 4.90 Å². The van der Waals surface area contributed by atoms with Gasteiger partial charge in [-0.25, -0.2) is 15.0 Å². The number of aryl methyl sites for hydroxylation is 1. The van der Waals surface area contributed by atoms with Crippen LogP contribution in [0.2, 0.25) is 0 Å². The number of fused-ring (bicyclic) bond motifs is 1. The van der Waals surface area contributed by atoms with Gasteiger partial charge in [-0.3, -0.25) is 0 Å². The molecule has 0 bridgehead atoms. The summed E-state index contributed by atoms with van der Waals surface area (Å²) in [6.07, 6.45) is 1.26. The molecule has 148 valence electrons. The van der Waals surface area contributed by atoms with Crippen LogP contribution in [0, 0.1) is 12.8 Å². The van der Waals surface area contributed by atoms with Crippen LogP contribution in [-0.2, 0) is 0 Å². The lowest BCUT2D eigenvalue weighted by Crippen LogP contribution is -2.31. The lowest BCUT2D eigenvalue weighted by atomic mass is 9.90. The maximum atomic E-state index is 13.1. The van der Waals surface area contributed by atoms with Gasteiger partial charge in [0.2, 0.25) is 5.95 Å². The maximum Gasteiger partial charge on any atom is 0.391 e. The maximum absolute atomic E-state index is 13.1. The molecule has 0 N–H and O–H groups in total. The van der Waals surface area contributed by atoms with Crippen molar-refractivity contribution in [2.75, 3.05) is 18.0 Å². The van der Waals surface area contributed by atoms with E-state index in [1.54, 1.807) is 6.20 Å². The minimum Gasteiger partial charge on any atom is -0.341 e. The van der Waals surface area contributed by atoms with Crippen molar-refractivity contribution in [2.24, 2.45) is 5.92 Å². The minimum absolute atomic E-state index is 0.0128. The number of halogens is 3. The molecule has 2 aromatic heterocycles. The first-order valence-corrected chi connectivity index (χ1v) is 9.62. The zero-order valence-electron chi connectivity index (χ0n) is 16.1. The quantitative estimate of drug-likeness (QED) is 0.745. The summed E-state index contributed by atoms with van der Waals surface area (Å²) in [5.74, 6) is -1.17. The molecule has 1 aliphatic heterocycles. The standard InChI is InChI=1S/C19H26F3N5/c1-4-14(10-12(2)19(20,21)22)15-16-17(24-13(3)11-23-16)26-18(25-15)27-8-6-5-7-9-27/h11-12,14H,4-10H2,1-3H3. The average molecular weight is 381 g/mol. The van der Waals surface area contributed by atoms with E-state index >= 15 is 0 Å². The van der Waals surface area contributed by atoms with Gasteiger partial charge in [-0.2, -0.15) is 18.2 Å². The van der Waals surface area contributed by atoms with E-state index in [-0.39, 0.29) is 12.3 Å². The fourth-order valence-corrected chi connectivity index (χ4v) is 3.56. The summed E-state index contributed by atoms with van der Waals surface area (Å²) in [5, 5.41) is 0. The molecule has 3 rings (SSSR count). The zero-order valence-corrected chi connectivity index (χ0v) is 16.1. The van der Waals surface area contributed by atoms with Gasteiger partial charge in [0.25, 0.3) is 0 Å². The fourth-order valence-electron chi connectivity index (χ4n) is 3.56. The topological polar surface area (TPSA) is 54.8 Å². The van der Waals surface area contributed by atoms with Gasteiger partial charge in [0.05, 0.1) is 17.3 Å². The Hall–Kier alpha value is -1.99. The molecule has 0 amide bonds. The summed E-state index contributed by atoms with van der Waals surface area (Å²) in [5.41, 5.74) is 2.31. The van der Waals surface area contributed by atoms with E-state index in [0.717, 1.165) is 31.6 Å². The summed E-state index contributed by atoms with van der Waals surface area (Å²) in [6, 6.07) is 0. The van der Waals surface area contributed by atoms with Crippen LogP contribution in [0.5, 0.6) is 0 Å². The summed E-state index contributed by atoms with van der Waals surface area (Å²) >= 11 is 0. The highest BCUT2D eigenvalue weighted by molar-refractivity contribution is 5.74. The van der Waals surface area contributed by atoms with Crippen molar-refractivity contribution in [1.29, 1.82) is 0 Å². The SMILES string of the molecule is CCC(CC(C)C(F)(F)F)c1nc(N2CCCCC2)nc2nc(C)cnc12. The van der Waals surface area contributed by atoms with Crippen molar-refractivity contribution in [3.63, 3.8) is 0 Å². The van der Waals surface area contributed by atoms with Gasteiger partial charge in [0, 0.05) is 25.2 Å². The average Bonchev–Trinajstić information content (AvgIpc) is 2.64. The fraction of sp³-hybridized carbons (Fsp3) is 0.684. The second-order valence-corrected chi connectivity index (χ2v) is 7.42. The van der Waals surface area contributed by atoms with Crippen molar-refractivity contribution in [3.8, 4) is 0 Å². The largest absolute Gasteiger partial charge is 0.391 e. The Morgan fingerprint density at radius 3 is 2.44 bits per heavy atom. The molecule has 0 spiro atoms. The Labute approximate surface area is 157 Å². The van der Waals surface area contributed by atoms with Gasteiger partial charge in [-0.1, -0.05) is 13.8 Å². The Balaban J connectivity index is 2.05. The summed E-state index contributed by atoms with van der Waals surface area (Å²) < 4.78 is 39.4. The molecule has 0 aliphatic carbocycles. The van der Waals surface area contributed by atoms with Crippen LogP contribution in [-0.4, -0.2) is 39.2 Å². The smallest absolute Gasteiger partial charge is 0.341 e. The summed E-state index contributed by atoms with van der Waals surface area (Å²) in [7, 11) is 0. The van der Waals surface area contributed by atoms with Crippen LogP contribution >= 0.6 is 0 Å². The first-order chi connectivity index (χ1) is 12.8. The lowest BCUT2D eigenvalue weighted by molar-refractivity contribution is -0.172. The van der Waals surface area contributed by atoms with Crippen molar-refractivity contribution >= 4 is 17.1 Å². The number of rotatable bonds is 5. The van der Waals surface area contributed by atoms with Crippen LogP contribution in [0.4, 0.5) is 19.1 Å². The molecule has 2 unspecified atom stereocenters. The molecule has 0 saturated carbocycles. The predicted molar refractivity (Wildman–Crippen MR) is 98.8 cm³/mol. The first kappa shape index (κ1) is 19.8. The van der Waals surface area contributed by atoms with Crippen LogP contribution in [0.25, 0.3) is 11.2 Å². The number of hydrogen-bond acceptors (Lipinski definition) is 5. The van der Waals surface area contributed by atoms with E-state index in [0.29, 0.717) is 29.2 Å². The van der Waals surface area contributed by atoms with Crippen molar-refractivity contribution in [2.45, 2.75) is 65.0 Å². The molecule has 8 heteroatoms. The molecule has 0 aromatic carbocycles. The van der Waals surface area contributed by atoms with Gasteiger partial charge >= 0.3 is 6.18 Å². The van der Waals surface area contributed by atoms with Crippen LogP contribution < -0.4 is 4.90 Å². The Morgan fingerprint density at radius 1 is 1.11 bits per heavy atom. The van der Waals surface area contributed by atoms with Crippen LogP contribution in [0.1, 0.15) is 63.3 Å². The Morgan fingerprint density at radius 2 is 1.81 bits per heavy atom. The van der Waals surface area contributed by atoms with E-state index in [4.69, 9.17) is 4.98 Å². The number of anilines is 1. The van der Waals surface area contributed by atoms with E-state index in [9.17, 15) is 13.2 Å². The van der Waals surface area contributed by atoms with E-state index in [1.807, 2.05) is 13.8 Å². The molecule has 1 aliphatic rings. The number of hydrogen-bond donors (Lipinski definition) is 0. The Kier molecular flexibility index (Phi) is 5.81. The molecule has 2 atom stereocenters. The van der Waals surface area contributed by atoms with Gasteiger partial charge in [-0.05, 0) is 39.0 Å². The number of aromatic nitrogens is 4. The molecular formula is C19H26F3N5. The first-order valence-electron chi connectivity index (χ1n) is 9.62. The van der Waals surface area contributed by atoms with E-state index in [1.165, 1.54) is 13.3 Å². The highest BCUT2D eigenvalue weighted by Crippen LogP contribution is 2.37. The van der Waals surface area contributed by atoms with E-state index in [2.05, 4.69) is 19.9 Å². The molecule has 1 fully saturated rings. The molecule has 27 heavy (non-hydrogen) atoms. The number of nitrogens with zero attached hydrogens (tertiary/aromatic N) is 5. The van der Waals surface area contributed by atoms with Gasteiger partial charge in [0.1, 0.15) is 5.52 Å². The highest BCUT2D eigenvalue weighted by atomic mass is 19.4. The van der Waals surface area contributed by atoms with Crippen LogP contribution in [0.15, 0.2) is 6.20 Å². The molecule has 2 aromatic rings. The van der Waals surface area contributed by atoms with Gasteiger partial charge in [0.15, 0.2) is 5.65 Å². The zero-order chi connectivity index (χ0) is 19.6. The third-order valence-corrected chi connectivity index (χ3v) is 5.26. The Bertz CT molecular complexity index is 787. The van der Waals surface area contributed by atoms with Crippen molar-refractivity contribution in [1.82, 2.24) is 19.9 Å². The third-order valence-electron chi connectivity index (χ3n) is 5.26. The summed E-state index contributed by atoms with van der Waals surface area (Å²) in [6.45, 7) is 6.68. The molecule has 1 saturated heterocycles. The third kappa shape index (κ3) is 4.47. The molecule has 0 radical (unpaired) electrons. The predicted octanol–water partition coefficient (Wildman–Crippen LogP) is 4.80. The van der Waals surface area contributed by atoms with E-state index < -0.39 is 12.1 Å².